The second-order valence-corrected chi connectivity index (χ2v) is 6.47. The van der Waals surface area contributed by atoms with E-state index in [0.717, 1.165) is 18.4 Å². The molecular weight excluding hydrogens is 333 g/mol. The topological polar surface area (TPSA) is 46.6 Å². The minimum absolute atomic E-state index is 0.0568. The summed E-state index contributed by atoms with van der Waals surface area (Å²) in [5.74, 6) is 0.257. The Morgan fingerprint density at radius 1 is 1.08 bits per heavy atom. The number of hydrogen-bond acceptors (Lipinski definition) is 3. The molecule has 0 unspecified atom stereocenters. The van der Waals surface area contributed by atoms with Crippen molar-refractivity contribution in [3.05, 3.63) is 65.5 Å². The molecule has 0 heterocycles. The maximum atomic E-state index is 13.0. The number of ketones is 1. The monoisotopic (exact) mass is 355 g/mol. The van der Waals surface area contributed by atoms with E-state index in [2.05, 4.69) is 0 Å². The number of carbonyl (C=O) groups is 2. The summed E-state index contributed by atoms with van der Waals surface area (Å²) in [6.07, 6.45) is 2.43. The molecule has 0 atom stereocenters. The predicted octanol–water partition coefficient (Wildman–Crippen LogP) is 3.99. The van der Waals surface area contributed by atoms with Crippen LogP contribution in [0.4, 0.5) is 4.39 Å². The molecule has 26 heavy (non-hydrogen) atoms. The smallest absolute Gasteiger partial charge is 0.261 e. The van der Waals surface area contributed by atoms with Crippen molar-refractivity contribution in [2.75, 3.05) is 6.61 Å². The van der Waals surface area contributed by atoms with E-state index in [9.17, 15) is 14.0 Å². The normalized spacial score (nSPS) is 13.3. The van der Waals surface area contributed by atoms with Gasteiger partial charge in [-0.3, -0.25) is 9.59 Å². The molecule has 0 radical (unpaired) electrons. The molecule has 0 N–H and O–H groups in total. The van der Waals surface area contributed by atoms with Crippen LogP contribution in [0.5, 0.6) is 5.75 Å². The molecule has 0 aliphatic heterocycles. The van der Waals surface area contributed by atoms with Gasteiger partial charge in [-0.15, -0.1) is 0 Å². The average molecular weight is 355 g/mol. The molecule has 1 amide bonds. The van der Waals surface area contributed by atoms with Gasteiger partial charge in [0.25, 0.3) is 5.91 Å². The van der Waals surface area contributed by atoms with Crippen LogP contribution in [0.15, 0.2) is 48.5 Å². The van der Waals surface area contributed by atoms with E-state index in [1.165, 1.54) is 12.1 Å². The van der Waals surface area contributed by atoms with Crippen LogP contribution in [0.3, 0.4) is 0 Å². The Morgan fingerprint density at radius 2 is 1.73 bits per heavy atom. The molecule has 1 aliphatic carbocycles. The van der Waals surface area contributed by atoms with Gasteiger partial charge in [0.2, 0.25) is 0 Å². The van der Waals surface area contributed by atoms with Crippen LogP contribution in [-0.4, -0.2) is 29.2 Å². The lowest BCUT2D eigenvalue weighted by atomic mass is 10.1. The van der Waals surface area contributed by atoms with E-state index >= 15 is 0 Å². The number of carbonyl (C=O) groups excluding carboxylic acids is 2. The van der Waals surface area contributed by atoms with Gasteiger partial charge in [-0.25, -0.2) is 4.39 Å². The van der Waals surface area contributed by atoms with Gasteiger partial charge in [-0.2, -0.15) is 0 Å². The molecule has 0 aromatic heterocycles. The summed E-state index contributed by atoms with van der Waals surface area (Å²) >= 11 is 0. The van der Waals surface area contributed by atoms with Crippen LogP contribution in [0.1, 0.15) is 42.1 Å². The van der Waals surface area contributed by atoms with Gasteiger partial charge in [0, 0.05) is 24.6 Å². The fourth-order valence-electron chi connectivity index (χ4n) is 2.76. The van der Waals surface area contributed by atoms with Crippen molar-refractivity contribution >= 4 is 11.7 Å². The van der Waals surface area contributed by atoms with E-state index in [4.69, 9.17) is 4.74 Å². The lowest BCUT2D eigenvalue weighted by Gasteiger charge is -2.22. The van der Waals surface area contributed by atoms with Crippen molar-refractivity contribution in [1.82, 2.24) is 4.90 Å². The Balaban J connectivity index is 1.58. The second-order valence-electron chi connectivity index (χ2n) is 6.47. The summed E-state index contributed by atoms with van der Waals surface area (Å²) in [5.41, 5.74) is 1.54. The first-order chi connectivity index (χ1) is 12.6. The summed E-state index contributed by atoms with van der Waals surface area (Å²) in [4.78, 5) is 26.0. The third kappa shape index (κ3) is 4.69. The van der Waals surface area contributed by atoms with Crippen molar-refractivity contribution < 1.29 is 18.7 Å². The number of halogens is 1. The first-order valence-corrected chi connectivity index (χ1v) is 8.87. The highest BCUT2D eigenvalue weighted by Gasteiger charge is 2.32. The van der Waals surface area contributed by atoms with E-state index in [1.807, 2.05) is 6.92 Å². The predicted molar refractivity (Wildman–Crippen MR) is 96.5 cm³/mol. The molecule has 5 heteroatoms. The van der Waals surface area contributed by atoms with Crippen LogP contribution >= 0.6 is 0 Å². The molecule has 136 valence electrons. The molecule has 1 aliphatic rings. The van der Waals surface area contributed by atoms with E-state index < -0.39 is 0 Å². The molecule has 0 spiro atoms. The number of rotatable bonds is 8. The van der Waals surface area contributed by atoms with Gasteiger partial charge in [0.15, 0.2) is 12.4 Å². The second kappa shape index (κ2) is 8.13. The third-order valence-corrected chi connectivity index (χ3v) is 4.43. The zero-order valence-electron chi connectivity index (χ0n) is 14.8. The first-order valence-electron chi connectivity index (χ1n) is 8.87. The largest absolute Gasteiger partial charge is 0.484 e. The lowest BCUT2D eigenvalue weighted by molar-refractivity contribution is -0.134. The molecule has 2 aromatic rings. The van der Waals surface area contributed by atoms with E-state index in [1.54, 1.807) is 41.3 Å². The van der Waals surface area contributed by atoms with Crippen LogP contribution < -0.4 is 4.74 Å². The Labute approximate surface area is 152 Å². The number of hydrogen-bond donors (Lipinski definition) is 0. The molecule has 3 rings (SSSR count). The number of benzene rings is 2. The van der Waals surface area contributed by atoms with Crippen LogP contribution in [-0.2, 0) is 11.3 Å². The fourth-order valence-corrected chi connectivity index (χ4v) is 2.76. The van der Waals surface area contributed by atoms with Gasteiger partial charge in [-0.1, -0.05) is 19.1 Å². The number of nitrogens with zero attached hydrogens (tertiary/aromatic N) is 1. The fraction of sp³-hybridized carbons (Fsp3) is 0.333. The molecule has 4 nitrogen and oxygen atoms in total. The van der Waals surface area contributed by atoms with Crippen molar-refractivity contribution in [3.8, 4) is 5.75 Å². The highest BCUT2D eigenvalue weighted by atomic mass is 19.1. The minimum Gasteiger partial charge on any atom is -0.484 e. The van der Waals surface area contributed by atoms with Crippen molar-refractivity contribution in [2.24, 2.45) is 0 Å². The van der Waals surface area contributed by atoms with Gasteiger partial charge >= 0.3 is 0 Å². The van der Waals surface area contributed by atoms with E-state index in [0.29, 0.717) is 24.3 Å². The SMILES string of the molecule is CCC(=O)c1ccc(OCC(=O)N(Cc2ccc(F)cc2)C2CC2)cc1. The molecule has 1 fully saturated rings. The van der Waals surface area contributed by atoms with Gasteiger partial charge < -0.3 is 9.64 Å². The number of ether oxygens (including phenoxy) is 1. The third-order valence-electron chi connectivity index (χ3n) is 4.43. The molecule has 2 aromatic carbocycles. The van der Waals surface area contributed by atoms with Crippen molar-refractivity contribution in [2.45, 2.75) is 38.8 Å². The Hall–Kier alpha value is -2.69. The molecule has 1 saturated carbocycles. The number of amides is 1. The summed E-state index contributed by atoms with van der Waals surface area (Å²) in [6.45, 7) is 2.22. The number of Topliss-reactive ketones (excluding diaryl/α,β-unsaturated/α-hetero) is 1. The maximum Gasteiger partial charge on any atom is 0.261 e. The summed E-state index contributed by atoms with van der Waals surface area (Å²) in [5, 5.41) is 0. The Kier molecular flexibility index (Phi) is 5.66. The molecule has 0 saturated heterocycles. The molecular formula is C21H22FNO3. The van der Waals surface area contributed by atoms with Gasteiger partial charge in [-0.05, 0) is 54.8 Å². The van der Waals surface area contributed by atoms with Crippen LogP contribution in [0.25, 0.3) is 0 Å². The maximum absolute atomic E-state index is 13.0. The Bertz CT molecular complexity index is 767. The lowest BCUT2D eigenvalue weighted by Crippen LogP contribution is -2.36. The van der Waals surface area contributed by atoms with Crippen LogP contribution in [0, 0.1) is 5.82 Å². The van der Waals surface area contributed by atoms with Gasteiger partial charge in [0.1, 0.15) is 11.6 Å². The first kappa shape index (κ1) is 18.1. The Morgan fingerprint density at radius 3 is 2.31 bits per heavy atom. The van der Waals surface area contributed by atoms with E-state index in [-0.39, 0.29) is 30.2 Å². The van der Waals surface area contributed by atoms with Crippen molar-refractivity contribution in [1.29, 1.82) is 0 Å². The van der Waals surface area contributed by atoms with Crippen LogP contribution in [0.2, 0.25) is 0 Å². The molecule has 0 bridgehead atoms. The van der Waals surface area contributed by atoms with Crippen molar-refractivity contribution in [3.63, 3.8) is 0 Å². The highest BCUT2D eigenvalue weighted by molar-refractivity contribution is 5.95. The highest BCUT2D eigenvalue weighted by Crippen LogP contribution is 2.28. The standard InChI is InChI=1S/C21H22FNO3/c1-2-20(24)16-5-11-19(12-6-16)26-14-21(25)23(18-9-10-18)13-15-3-7-17(22)8-4-15/h3-8,11-12,18H,2,9-10,13-14H2,1H3. The summed E-state index contributed by atoms with van der Waals surface area (Å²) in [6, 6.07) is 13.3. The summed E-state index contributed by atoms with van der Waals surface area (Å²) < 4.78 is 18.6. The van der Waals surface area contributed by atoms with Gasteiger partial charge in [0.05, 0.1) is 0 Å². The average Bonchev–Trinajstić information content (AvgIpc) is 3.50. The summed E-state index contributed by atoms with van der Waals surface area (Å²) in [7, 11) is 0. The zero-order chi connectivity index (χ0) is 18.5. The quantitative estimate of drug-likeness (QED) is 0.673. The minimum atomic E-state index is -0.286. The zero-order valence-corrected chi connectivity index (χ0v) is 14.8.